The van der Waals surface area contributed by atoms with E-state index in [9.17, 15) is 4.79 Å². The zero-order valence-electron chi connectivity index (χ0n) is 12.5. The lowest BCUT2D eigenvalue weighted by molar-refractivity contribution is -0.134. The van der Waals surface area contributed by atoms with Crippen molar-refractivity contribution in [1.29, 1.82) is 0 Å². The third-order valence-corrected chi connectivity index (χ3v) is 3.32. The number of anilines is 1. The van der Waals surface area contributed by atoms with Crippen LogP contribution in [-0.4, -0.2) is 29.3 Å². The zero-order chi connectivity index (χ0) is 15.4. The van der Waals surface area contributed by atoms with Gasteiger partial charge in [-0.1, -0.05) is 32.9 Å². The molecule has 1 rings (SSSR count). The van der Waals surface area contributed by atoms with Crippen molar-refractivity contribution in [2.45, 2.75) is 33.1 Å². The molecule has 0 atom stereocenters. The minimum atomic E-state index is -1.20. The predicted molar refractivity (Wildman–Crippen MR) is 79.2 cm³/mol. The van der Waals surface area contributed by atoms with E-state index in [4.69, 9.17) is 10.2 Å². The van der Waals surface area contributed by atoms with Crippen LogP contribution in [0.25, 0.3) is 0 Å². The second-order valence-corrected chi connectivity index (χ2v) is 6.28. The number of benzene rings is 1. The van der Waals surface area contributed by atoms with E-state index in [1.54, 1.807) is 0 Å². The van der Waals surface area contributed by atoms with E-state index in [1.807, 2.05) is 24.3 Å². The summed E-state index contributed by atoms with van der Waals surface area (Å²) >= 11 is 0. The number of nitrogens with one attached hydrogen (secondary N) is 2. The normalized spacial score (nSPS) is 12.1. The molecular formula is C15H24N2O3. The summed E-state index contributed by atoms with van der Waals surface area (Å²) in [6.45, 7) is 7.05. The standard InChI is InChI=1S/C15H24N2O3/c1-14(2,3)11-5-7-12(8-6-11)16-17-13(20)15(4,9-18)10-19/h5-8,16,18-19H,9-10H2,1-4H3,(H,17,20). The van der Waals surface area contributed by atoms with E-state index >= 15 is 0 Å². The topological polar surface area (TPSA) is 81.6 Å². The average Bonchev–Trinajstić information content (AvgIpc) is 2.43. The Kier molecular flexibility index (Phi) is 5.14. The fourth-order valence-corrected chi connectivity index (χ4v) is 1.53. The van der Waals surface area contributed by atoms with Crippen LogP contribution < -0.4 is 10.9 Å². The van der Waals surface area contributed by atoms with Gasteiger partial charge in [-0.2, -0.15) is 0 Å². The maximum absolute atomic E-state index is 11.8. The first-order valence-corrected chi connectivity index (χ1v) is 6.62. The van der Waals surface area contributed by atoms with Gasteiger partial charge in [0.2, 0.25) is 5.91 Å². The highest BCUT2D eigenvalue weighted by molar-refractivity contribution is 5.83. The first-order valence-electron chi connectivity index (χ1n) is 6.62. The Morgan fingerprint density at radius 3 is 1.95 bits per heavy atom. The van der Waals surface area contributed by atoms with Gasteiger partial charge in [-0.05, 0) is 30.0 Å². The summed E-state index contributed by atoms with van der Waals surface area (Å²) in [6.07, 6.45) is 0. The van der Waals surface area contributed by atoms with Crippen LogP contribution in [0.5, 0.6) is 0 Å². The zero-order valence-corrected chi connectivity index (χ0v) is 12.5. The molecule has 1 amide bonds. The molecule has 0 spiro atoms. The Balaban J connectivity index is 2.65. The Hall–Kier alpha value is -1.59. The molecule has 1 aromatic rings. The maximum atomic E-state index is 11.8. The second-order valence-electron chi connectivity index (χ2n) is 6.28. The number of amides is 1. The molecule has 0 aliphatic rings. The second kappa shape index (κ2) is 6.24. The number of carbonyl (C=O) groups is 1. The third kappa shape index (κ3) is 3.95. The summed E-state index contributed by atoms with van der Waals surface area (Å²) < 4.78 is 0. The molecular weight excluding hydrogens is 256 g/mol. The lowest BCUT2D eigenvalue weighted by Gasteiger charge is -2.24. The summed E-state index contributed by atoms with van der Waals surface area (Å²) in [4.78, 5) is 11.8. The van der Waals surface area contributed by atoms with Gasteiger partial charge in [0, 0.05) is 0 Å². The average molecular weight is 280 g/mol. The molecule has 20 heavy (non-hydrogen) atoms. The van der Waals surface area contributed by atoms with Crippen LogP contribution in [0, 0.1) is 5.41 Å². The van der Waals surface area contributed by atoms with Gasteiger partial charge in [-0.3, -0.25) is 15.6 Å². The molecule has 5 nitrogen and oxygen atoms in total. The molecule has 0 aliphatic carbocycles. The van der Waals surface area contributed by atoms with E-state index in [0.29, 0.717) is 0 Å². The van der Waals surface area contributed by atoms with E-state index < -0.39 is 24.5 Å². The van der Waals surface area contributed by atoms with Gasteiger partial charge >= 0.3 is 0 Å². The van der Waals surface area contributed by atoms with Crippen molar-refractivity contribution in [2.75, 3.05) is 18.6 Å². The van der Waals surface area contributed by atoms with Crippen LogP contribution in [0.4, 0.5) is 5.69 Å². The monoisotopic (exact) mass is 280 g/mol. The first kappa shape index (κ1) is 16.5. The molecule has 0 aliphatic heterocycles. The Bertz CT molecular complexity index is 445. The smallest absolute Gasteiger partial charge is 0.248 e. The Morgan fingerprint density at radius 1 is 1.05 bits per heavy atom. The largest absolute Gasteiger partial charge is 0.395 e. The number of hydrazine groups is 1. The van der Waals surface area contributed by atoms with Gasteiger partial charge in [-0.25, -0.2) is 0 Å². The molecule has 0 radical (unpaired) electrons. The van der Waals surface area contributed by atoms with Crippen molar-refractivity contribution in [2.24, 2.45) is 5.41 Å². The third-order valence-electron chi connectivity index (χ3n) is 3.32. The fraction of sp³-hybridized carbons (Fsp3) is 0.533. The van der Waals surface area contributed by atoms with Crippen molar-refractivity contribution in [3.8, 4) is 0 Å². The van der Waals surface area contributed by atoms with Gasteiger partial charge in [-0.15, -0.1) is 0 Å². The van der Waals surface area contributed by atoms with Crippen molar-refractivity contribution in [3.05, 3.63) is 29.8 Å². The number of hydrogen-bond donors (Lipinski definition) is 4. The van der Waals surface area contributed by atoms with Gasteiger partial charge in [0.25, 0.3) is 0 Å². The highest BCUT2D eigenvalue weighted by Crippen LogP contribution is 2.23. The van der Waals surface area contributed by atoms with Crippen LogP contribution in [-0.2, 0) is 10.2 Å². The SMILES string of the molecule is CC(CO)(CO)C(=O)NNc1ccc(C(C)(C)C)cc1. The van der Waals surface area contributed by atoms with Crippen LogP contribution in [0.2, 0.25) is 0 Å². The molecule has 0 bridgehead atoms. The van der Waals surface area contributed by atoms with Crippen molar-refractivity contribution in [1.82, 2.24) is 5.43 Å². The van der Waals surface area contributed by atoms with Crippen molar-refractivity contribution >= 4 is 11.6 Å². The summed E-state index contributed by atoms with van der Waals surface area (Å²) in [5, 5.41) is 18.3. The van der Waals surface area contributed by atoms with Crippen molar-refractivity contribution < 1.29 is 15.0 Å². The number of aliphatic hydroxyl groups excluding tert-OH is 2. The lowest BCUT2D eigenvalue weighted by atomic mass is 9.87. The molecule has 112 valence electrons. The Labute approximate surface area is 120 Å². The molecule has 0 unspecified atom stereocenters. The highest BCUT2D eigenvalue weighted by atomic mass is 16.3. The number of carbonyl (C=O) groups excluding carboxylic acids is 1. The maximum Gasteiger partial charge on any atom is 0.248 e. The van der Waals surface area contributed by atoms with Crippen molar-refractivity contribution in [3.63, 3.8) is 0 Å². The van der Waals surface area contributed by atoms with Crippen LogP contribution >= 0.6 is 0 Å². The minimum absolute atomic E-state index is 0.0775. The van der Waals surface area contributed by atoms with Crippen LogP contribution in [0.1, 0.15) is 33.3 Å². The number of hydrogen-bond acceptors (Lipinski definition) is 4. The minimum Gasteiger partial charge on any atom is -0.395 e. The molecule has 0 aromatic heterocycles. The summed E-state index contributed by atoms with van der Waals surface area (Å²) in [7, 11) is 0. The lowest BCUT2D eigenvalue weighted by Crippen LogP contribution is -2.46. The molecule has 5 heteroatoms. The van der Waals surface area contributed by atoms with Gasteiger partial charge in [0.15, 0.2) is 0 Å². The fourth-order valence-electron chi connectivity index (χ4n) is 1.53. The van der Waals surface area contributed by atoms with Crippen LogP contribution in [0.15, 0.2) is 24.3 Å². The molecule has 0 heterocycles. The molecule has 0 fully saturated rings. The quantitative estimate of drug-likeness (QED) is 0.615. The van der Waals surface area contributed by atoms with Gasteiger partial charge in [0.05, 0.1) is 24.3 Å². The molecule has 1 aromatic carbocycles. The van der Waals surface area contributed by atoms with E-state index in [2.05, 4.69) is 31.6 Å². The van der Waals surface area contributed by atoms with Crippen LogP contribution in [0.3, 0.4) is 0 Å². The highest BCUT2D eigenvalue weighted by Gasteiger charge is 2.31. The number of aliphatic hydroxyl groups is 2. The molecule has 4 N–H and O–H groups in total. The van der Waals surface area contributed by atoms with E-state index in [0.717, 1.165) is 5.69 Å². The molecule has 0 saturated carbocycles. The molecule has 0 saturated heterocycles. The van der Waals surface area contributed by atoms with E-state index in [-0.39, 0.29) is 5.41 Å². The first-order chi connectivity index (χ1) is 9.23. The van der Waals surface area contributed by atoms with Gasteiger partial charge in [0.1, 0.15) is 0 Å². The van der Waals surface area contributed by atoms with Gasteiger partial charge < -0.3 is 10.2 Å². The van der Waals surface area contributed by atoms with E-state index in [1.165, 1.54) is 12.5 Å². The Morgan fingerprint density at radius 2 is 1.55 bits per heavy atom. The summed E-state index contributed by atoms with van der Waals surface area (Å²) in [5.74, 6) is -0.456. The number of rotatable bonds is 5. The predicted octanol–water partition coefficient (Wildman–Crippen LogP) is 1.42. The summed E-state index contributed by atoms with van der Waals surface area (Å²) in [5.41, 5.74) is 6.09. The summed E-state index contributed by atoms with van der Waals surface area (Å²) in [6, 6.07) is 7.73.